The van der Waals surface area contributed by atoms with Gasteiger partial charge < -0.3 is 10.7 Å². The minimum Gasteiger partial charge on any atom is -0.385 e. The second-order valence-electron chi connectivity index (χ2n) is 4.23. The summed E-state index contributed by atoms with van der Waals surface area (Å²) in [4.78, 5) is 10.4. The second kappa shape index (κ2) is 6.80. The molecule has 1 aromatic carbocycles. The molecule has 0 fully saturated rings. The first-order chi connectivity index (χ1) is 8.60. The van der Waals surface area contributed by atoms with Gasteiger partial charge in [-0.1, -0.05) is 26.7 Å². The number of nitrogens with one attached hydrogen (secondary N) is 2. The van der Waals surface area contributed by atoms with Gasteiger partial charge >= 0.3 is 0 Å². The van der Waals surface area contributed by atoms with E-state index in [0.29, 0.717) is 17.3 Å². The average Bonchev–Trinajstić information content (AvgIpc) is 2.39. The van der Waals surface area contributed by atoms with Crippen molar-refractivity contribution < 1.29 is 4.92 Å². The van der Waals surface area contributed by atoms with Crippen LogP contribution in [0, 0.1) is 16.0 Å². The van der Waals surface area contributed by atoms with Crippen molar-refractivity contribution in [3.8, 4) is 0 Å². The molecule has 0 unspecified atom stereocenters. The third-order valence-corrected chi connectivity index (χ3v) is 3.04. The molecule has 0 amide bonds. The number of nitrogen functional groups attached to an aromatic ring is 1. The summed E-state index contributed by atoms with van der Waals surface area (Å²) in [7, 11) is 0. The Morgan fingerprint density at radius 1 is 1.28 bits per heavy atom. The van der Waals surface area contributed by atoms with E-state index in [9.17, 15) is 10.1 Å². The van der Waals surface area contributed by atoms with Gasteiger partial charge in [0, 0.05) is 24.4 Å². The molecule has 1 rings (SSSR count). The van der Waals surface area contributed by atoms with Crippen LogP contribution in [-0.4, -0.2) is 11.5 Å². The molecule has 0 aliphatic rings. The fraction of sp³-hybridized carbons (Fsp3) is 0.500. The maximum atomic E-state index is 10.8. The van der Waals surface area contributed by atoms with E-state index < -0.39 is 4.92 Å². The number of nitrogens with zero attached hydrogens (tertiary/aromatic N) is 1. The highest BCUT2D eigenvalue weighted by Crippen LogP contribution is 2.24. The molecule has 0 saturated heterocycles. The van der Waals surface area contributed by atoms with Gasteiger partial charge in [-0.2, -0.15) is 0 Å². The van der Waals surface area contributed by atoms with E-state index in [1.54, 1.807) is 6.07 Å². The normalized spacial score (nSPS) is 10.4. The number of benzene rings is 1. The Hall–Kier alpha value is -1.82. The lowest BCUT2D eigenvalue weighted by Crippen LogP contribution is -2.13. The molecule has 4 N–H and O–H groups in total. The van der Waals surface area contributed by atoms with Gasteiger partial charge in [0.2, 0.25) is 0 Å². The molecule has 0 saturated carbocycles. The Balaban J connectivity index is 2.81. The summed E-state index contributed by atoms with van der Waals surface area (Å²) in [5, 5.41) is 14.0. The Labute approximate surface area is 107 Å². The fourth-order valence-electron chi connectivity index (χ4n) is 1.74. The van der Waals surface area contributed by atoms with E-state index in [1.165, 1.54) is 12.1 Å². The first-order valence-electron chi connectivity index (χ1n) is 6.10. The maximum absolute atomic E-state index is 10.8. The van der Waals surface area contributed by atoms with Crippen molar-refractivity contribution in [2.45, 2.75) is 26.7 Å². The van der Waals surface area contributed by atoms with Gasteiger partial charge in [-0.05, 0) is 12.0 Å². The van der Waals surface area contributed by atoms with Crippen LogP contribution in [0.4, 0.5) is 17.1 Å². The number of anilines is 2. The summed E-state index contributed by atoms with van der Waals surface area (Å²) in [6, 6.07) is 4.68. The summed E-state index contributed by atoms with van der Waals surface area (Å²) in [5.41, 5.74) is 3.70. The molecule has 0 spiro atoms. The molecule has 6 nitrogen and oxygen atoms in total. The number of nitro groups is 1. The minimum absolute atomic E-state index is 0.0255. The lowest BCUT2D eigenvalue weighted by atomic mass is 10.0. The number of hydrogen-bond donors (Lipinski definition) is 3. The number of hydrogen-bond acceptors (Lipinski definition) is 5. The summed E-state index contributed by atoms with van der Waals surface area (Å²) in [5.74, 6) is 5.86. The van der Waals surface area contributed by atoms with Crippen molar-refractivity contribution >= 4 is 17.1 Å². The number of nitrogens with two attached hydrogens (primary N) is 1. The van der Waals surface area contributed by atoms with Crippen molar-refractivity contribution in [2.75, 3.05) is 17.3 Å². The Morgan fingerprint density at radius 3 is 2.39 bits per heavy atom. The van der Waals surface area contributed by atoms with Crippen LogP contribution in [0.1, 0.15) is 26.7 Å². The van der Waals surface area contributed by atoms with Crippen LogP contribution < -0.4 is 16.6 Å². The molecule has 0 aliphatic carbocycles. The van der Waals surface area contributed by atoms with Gasteiger partial charge in [0.1, 0.15) is 0 Å². The number of rotatable bonds is 7. The molecule has 0 radical (unpaired) electrons. The number of non-ortho nitro benzene ring substituents is 1. The van der Waals surface area contributed by atoms with Crippen molar-refractivity contribution in [3.63, 3.8) is 0 Å². The minimum atomic E-state index is -0.427. The molecule has 0 aliphatic heterocycles. The van der Waals surface area contributed by atoms with Crippen molar-refractivity contribution in [1.29, 1.82) is 0 Å². The molecular weight excluding hydrogens is 232 g/mol. The molecule has 0 heterocycles. The molecule has 0 atom stereocenters. The van der Waals surface area contributed by atoms with Crippen molar-refractivity contribution in [1.82, 2.24) is 0 Å². The summed E-state index contributed by atoms with van der Waals surface area (Å²) in [6.07, 6.45) is 2.17. The van der Waals surface area contributed by atoms with Crippen LogP contribution in [0.25, 0.3) is 0 Å². The molecule has 6 heteroatoms. The Kier molecular flexibility index (Phi) is 5.38. The highest BCUT2D eigenvalue weighted by Gasteiger charge is 2.10. The third kappa shape index (κ3) is 3.89. The summed E-state index contributed by atoms with van der Waals surface area (Å²) >= 11 is 0. The summed E-state index contributed by atoms with van der Waals surface area (Å²) in [6.45, 7) is 5.07. The SMILES string of the molecule is CCC(CC)CNc1cc(NN)cc([N+](=O)[O-])c1. The fourth-order valence-corrected chi connectivity index (χ4v) is 1.74. The molecule has 1 aromatic rings. The van der Waals surface area contributed by atoms with Crippen LogP contribution in [0.5, 0.6) is 0 Å². The quantitative estimate of drug-likeness (QED) is 0.394. The molecule has 0 aromatic heterocycles. The van der Waals surface area contributed by atoms with Crippen LogP contribution in [0.2, 0.25) is 0 Å². The predicted molar refractivity (Wildman–Crippen MR) is 73.5 cm³/mol. The van der Waals surface area contributed by atoms with Crippen LogP contribution >= 0.6 is 0 Å². The van der Waals surface area contributed by atoms with Crippen LogP contribution in [0.3, 0.4) is 0 Å². The predicted octanol–water partition coefficient (Wildman–Crippen LogP) is 2.73. The molecule has 100 valence electrons. The maximum Gasteiger partial charge on any atom is 0.273 e. The Morgan fingerprint density at radius 2 is 1.89 bits per heavy atom. The Bertz CT molecular complexity index is 405. The van der Waals surface area contributed by atoms with E-state index in [-0.39, 0.29) is 5.69 Å². The van der Waals surface area contributed by atoms with Gasteiger partial charge in [0.25, 0.3) is 5.69 Å². The van der Waals surface area contributed by atoms with E-state index in [0.717, 1.165) is 19.4 Å². The lowest BCUT2D eigenvalue weighted by Gasteiger charge is -2.14. The standard InChI is InChI=1S/C12H20N4O2/c1-3-9(4-2)8-14-10-5-11(15-13)7-12(6-10)16(17)18/h5-7,9,14-15H,3-4,8,13H2,1-2H3. The monoisotopic (exact) mass is 252 g/mol. The van der Waals surface area contributed by atoms with E-state index >= 15 is 0 Å². The van der Waals surface area contributed by atoms with Gasteiger partial charge in [0.15, 0.2) is 0 Å². The molecular formula is C12H20N4O2. The highest BCUT2D eigenvalue weighted by atomic mass is 16.6. The smallest absolute Gasteiger partial charge is 0.273 e. The van der Waals surface area contributed by atoms with Crippen LogP contribution in [0.15, 0.2) is 18.2 Å². The topological polar surface area (TPSA) is 93.2 Å². The lowest BCUT2D eigenvalue weighted by molar-refractivity contribution is -0.384. The van der Waals surface area contributed by atoms with E-state index in [4.69, 9.17) is 5.84 Å². The van der Waals surface area contributed by atoms with Gasteiger partial charge in [-0.15, -0.1) is 0 Å². The van der Waals surface area contributed by atoms with Crippen molar-refractivity contribution in [3.05, 3.63) is 28.3 Å². The van der Waals surface area contributed by atoms with E-state index in [1.807, 2.05) is 0 Å². The van der Waals surface area contributed by atoms with Gasteiger partial charge in [-0.25, -0.2) is 0 Å². The molecule has 18 heavy (non-hydrogen) atoms. The first kappa shape index (κ1) is 14.2. The zero-order valence-electron chi connectivity index (χ0n) is 10.8. The highest BCUT2D eigenvalue weighted by molar-refractivity contribution is 5.63. The zero-order chi connectivity index (χ0) is 13.5. The zero-order valence-corrected chi connectivity index (χ0v) is 10.8. The van der Waals surface area contributed by atoms with Gasteiger partial charge in [0.05, 0.1) is 10.6 Å². The number of nitro benzene ring substituents is 1. The average molecular weight is 252 g/mol. The van der Waals surface area contributed by atoms with Crippen LogP contribution in [-0.2, 0) is 0 Å². The third-order valence-electron chi connectivity index (χ3n) is 3.04. The van der Waals surface area contributed by atoms with E-state index in [2.05, 4.69) is 24.6 Å². The van der Waals surface area contributed by atoms with Crippen molar-refractivity contribution in [2.24, 2.45) is 11.8 Å². The molecule has 0 bridgehead atoms. The second-order valence-corrected chi connectivity index (χ2v) is 4.23. The van der Waals surface area contributed by atoms with Gasteiger partial charge in [-0.3, -0.25) is 16.0 Å². The largest absolute Gasteiger partial charge is 0.385 e. The first-order valence-corrected chi connectivity index (χ1v) is 6.10. The number of hydrazine groups is 1. The summed E-state index contributed by atoms with van der Waals surface area (Å²) < 4.78 is 0.